The summed E-state index contributed by atoms with van der Waals surface area (Å²) in [6, 6.07) is 11.5. The van der Waals surface area contributed by atoms with E-state index >= 15 is 0 Å². The van der Waals surface area contributed by atoms with E-state index in [2.05, 4.69) is 11.1 Å². The maximum atomic E-state index is 13.1. The van der Waals surface area contributed by atoms with Crippen LogP contribution in [0.3, 0.4) is 0 Å². The summed E-state index contributed by atoms with van der Waals surface area (Å²) < 4.78 is 11.2. The molecule has 6 nitrogen and oxygen atoms in total. The monoisotopic (exact) mass is 349 g/mol. The molecule has 0 saturated heterocycles. The summed E-state index contributed by atoms with van der Waals surface area (Å²) in [5.41, 5.74) is 1.83. The number of ether oxygens (including phenoxy) is 2. The van der Waals surface area contributed by atoms with E-state index in [1.54, 1.807) is 11.1 Å². The van der Waals surface area contributed by atoms with Gasteiger partial charge in [0.15, 0.2) is 11.5 Å². The van der Waals surface area contributed by atoms with Crippen molar-refractivity contribution in [1.29, 1.82) is 5.26 Å². The standard InChI is InChI=1S/C20H19N3O3/c21-6-2-8-23(15-4-5-18-19(11-15)26-10-9-25-18)20(24)17-12-16(17)14-3-1-7-22-13-14/h1,3-5,7,11,13,16-17H,2,8-10,12H2/t16-,17-/m1/s1. The van der Waals surface area contributed by atoms with Crippen LogP contribution in [0.2, 0.25) is 0 Å². The molecular weight excluding hydrogens is 330 g/mol. The van der Waals surface area contributed by atoms with Crippen LogP contribution in [-0.2, 0) is 4.79 Å². The third-order valence-corrected chi connectivity index (χ3v) is 4.77. The Morgan fingerprint density at radius 1 is 1.27 bits per heavy atom. The molecule has 1 aliphatic heterocycles. The van der Waals surface area contributed by atoms with Crippen LogP contribution < -0.4 is 14.4 Å². The normalized spacial score (nSPS) is 20.1. The summed E-state index contributed by atoms with van der Waals surface area (Å²) >= 11 is 0. The van der Waals surface area contributed by atoms with Gasteiger partial charge in [0.05, 0.1) is 12.5 Å². The highest BCUT2D eigenvalue weighted by atomic mass is 16.6. The summed E-state index contributed by atoms with van der Waals surface area (Å²) in [5, 5.41) is 8.98. The van der Waals surface area contributed by atoms with Crippen LogP contribution in [0.1, 0.15) is 24.3 Å². The Morgan fingerprint density at radius 3 is 2.88 bits per heavy atom. The molecule has 4 rings (SSSR count). The van der Waals surface area contributed by atoms with Crippen molar-refractivity contribution in [2.45, 2.75) is 18.8 Å². The lowest BCUT2D eigenvalue weighted by Gasteiger charge is -2.25. The molecule has 1 aliphatic carbocycles. The molecule has 2 atom stereocenters. The number of carbonyl (C=O) groups is 1. The minimum Gasteiger partial charge on any atom is -0.486 e. The fourth-order valence-corrected chi connectivity index (χ4v) is 3.36. The molecule has 0 bridgehead atoms. The Bertz CT molecular complexity index is 847. The van der Waals surface area contributed by atoms with Crippen molar-refractivity contribution in [3.63, 3.8) is 0 Å². The largest absolute Gasteiger partial charge is 0.486 e. The van der Waals surface area contributed by atoms with Crippen LogP contribution in [-0.4, -0.2) is 30.6 Å². The molecule has 0 N–H and O–H groups in total. The van der Waals surface area contributed by atoms with Crippen molar-refractivity contribution in [3.8, 4) is 17.6 Å². The van der Waals surface area contributed by atoms with E-state index in [0.29, 0.717) is 31.3 Å². The number of benzene rings is 1. The second kappa shape index (κ2) is 7.04. The van der Waals surface area contributed by atoms with E-state index in [9.17, 15) is 4.79 Å². The Balaban J connectivity index is 1.55. The van der Waals surface area contributed by atoms with Gasteiger partial charge in [-0.3, -0.25) is 9.78 Å². The Hall–Kier alpha value is -3.07. The highest BCUT2D eigenvalue weighted by Gasteiger charge is 2.46. The fraction of sp³-hybridized carbons (Fsp3) is 0.350. The molecule has 2 heterocycles. The molecule has 26 heavy (non-hydrogen) atoms. The Morgan fingerprint density at radius 2 is 2.12 bits per heavy atom. The van der Waals surface area contributed by atoms with Gasteiger partial charge >= 0.3 is 0 Å². The topological polar surface area (TPSA) is 75.5 Å². The number of aromatic nitrogens is 1. The van der Waals surface area contributed by atoms with Crippen LogP contribution in [0.25, 0.3) is 0 Å². The molecule has 0 spiro atoms. The Labute approximate surface area is 152 Å². The molecule has 0 unspecified atom stereocenters. The fourth-order valence-electron chi connectivity index (χ4n) is 3.36. The van der Waals surface area contributed by atoms with Gasteiger partial charge in [-0.15, -0.1) is 0 Å². The van der Waals surface area contributed by atoms with Crippen molar-refractivity contribution in [1.82, 2.24) is 4.98 Å². The van der Waals surface area contributed by atoms with Crippen LogP contribution in [0.15, 0.2) is 42.7 Å². The lowest BCUT2D eigenvalue weighted by atomic mass is 10.1. The first-order valence-electron chi connectivity index (χ1n) is 8.76. The van der Waals surface area contributed by atoms with Crippen molar-refractivity contribution in [2.24, 2.45) is 5.92 Å². The van der Waals surface area contributed by atoms with Gasteiger partial charge in [0, 0.05) is 36.6 Å². The minimum absolute atomic E-state index is 0.0470. The number of pyridine rings is 1. The average molecular weight is 349 g/mol. The number of anilines is 1. The van der Waals surface area contributed by atoms with Crippen LogP contribution >= 0.6 is 0 Å². The van der Waals surface area contributed by atoms with Gasteiger partial charge in [0.1, 0.15) is 13.2 Å². The quantitative estimate of drug-likeness (QED) is 0.830. The molecule has 2 aromatic rings. The molecule has 132 valence electrons. The molecule has 2 aliphatic rings. The highest BCUT2D eigenvalue weighted by Crippen LogP contribution is 2.49. The number of hydrogen-bond donors (Lipinski definition) is 0. The maximum absolute atomic E-state index is 13.1. The van der Waals surface area contributed by atoms with Crippen molar-refractivity contribution >= 4 is 11.6 Å². The summed E-state index contributed by atoms with van der Waals surface area (Å²) in [6.45, 7) is 1.39. The minimum atomic E-state index is -0.0638. The first-order chi connectivity index (χ1) is 12.8. The number of carbonyl (C=O) groups excluding carboxylic acids is 1. The van der Waals surface area contributed by atoms with Crippen LogP contribution in [0.5, 0.6) is 11.5 Å². The Kier molecular flexibility index (Phi) is 4.44. The molecule has 1 aromatic heterocycles. The predicted octanol–water partition coefficient (Wildman–Crippen LogP) is 2.90. The highest BCUT2D eigenvalue weighted by molar-refractivity contribution is 5.97. The van der Waals surface area contributed by atoms with Gasteiger partial charge in [0.2, 0.25) is 5.91 Å². The molecule has 1 fully saturated rings. The third kappa shape index (κ3) is 3.21. The van der Waals surface area contributed by atoms with E-state index in [4.69, 9.17) is 14.7 Å². The number of amides is 1. The van der Waals surface area contributed by atoms with E-state index in [-0.39, 0.29) is 24.2 Å². The number of rotatable bonds is 5. The number of nitriles is 1. The van der Waals surface area contributed by atoms with Gasteiger partial charge in [-0.2, -0.15) is 5.26 Å². The average Bonchev–Trinajstić information content (AvgIpc) is 3.49. The lowest BCUT2D eigenvalue weighted by Crippen LogP contribution is -2.33. The van der Waals surface area contributed by atoms with E-state index < -0.39 is 0 Å². The van der Waals surface area contributed by atoms with Crippen LogP contribution in [0.4, 0.5) is 5.69 Å². The summed E-state index contributed by atoms with van der Waals surface area (Å²) in [7, 11) is 0. The van der Waals surface area contributed by atoms with E-state index in [1.165, 1.54) is 0 Å². The van der Waals surface area contributed by atoms with E-state index in [1.807, 2.05) is 36.5 Å². The number of fused-ring (bicyclic) bond motifs is 1. The van der Waals surface area contributed by atoms with Crippen LogP contribution in [0, 0.1) is 17.2 Å². The number of hydrogen-bond acceptors (Lipinski definition) is 5. The number of nitrogens with zero attached hydrogens (tertiary/aromatic N) is 3. The zero-order valence-corrected chi connectivity index (χ0v) is 14.3. The molecule has 1 saturated carbocycles. The van der Waals surface area contributed by atoms with Gasteiger partial charge in [-0.25, -0.2) is 0 Å². The molecule has 6 heteroatoms. The molecule has 0 radical (unpaired) electrons. The zero-order valence-electron chi connectivity index (χ0n) is 14.3. The molecular formula is C20H19N3O3. The summed E-state index contributed by atoms with van der Waals surface area (Å²) in [6.07, 6.45) is 4.65. The molecule has 1 aromatic carbocycles. The third-order valence-electron chi connectivity index (χ3n) is 4.77. The van der Waals surface area contributed by atoms with Gasteiger partial charge in [-0.05, 0) is 36.1 Å². The summed E-state index contributed by atoms with van der Waals surface area (Å²) in [4.78, 5) is 18.9. The zero-order chi connectivity index (χ0) is 17.9. The first kappa shape index (κ1) is 16.4. The molecule has 1 amide bonds. The van der Waals surface area contributed by atoms with Gasteiger partial charge in [0.25, 0.3) is 0 Å². The summed E-state index contributed by atoms with van der Waals surface area (Å²) in [5.74, 6) is 1.52. The van der Waals surface area contributed by atoms with Crippen molar-refractivity contribution in [3.05, 3.63) is 48.3 Å². The second-order valence-corrected chi connectivity index (χ2v) is 6.46. The van der Waals surface area contributed by atoms with Gasteiger partial charge in [-0.1, -0.05) is 6.07 Å². The maximum Gasteiger partial charge on any atom is 0.230 e. The second-order valence-electron chi connectivity index (χ2n) is 6.46. The van der Waals surface area contributed by atoms with Gasteiger partial charge < -0.3 is 14.4 Å². The van der Waals surface area contributed by atoms with Crippen molar-refractivity contribution < 1.29 is 14.3 Å². The first-order valence-corrected chi connectivity index (χ1v) is 8.76. The smallest absolute Gasteiger partial charge is 0.230 e. The predicted molar refractivity (Wildman–Crippen MR) is 95.1 cm³/mol. The van der Waals surface area contributed by atoms with E-state index in [0.717, 1.165) is 17.7 Å². The SMILES string of the molecule is N#CCCN(C(=O)[C@@H]1C[C@@H]1c1cccnc1)c1ccc2c(c1)OCCO2. The van der Waals surface area contributed by atoms with Crippen molar-refractivity contribution in [2.75, 3.05) is 24.7 Å². The lowest BCUT2D eigenvalue weighted by molar-refractivity contribution is -0.119.